The van der Waals surface area contributed by atoms with Gasteiger partial charge in [0, 0.05) is 24.1 Å². The van der Waals surface area contributed by atoms with Crippen LogP contribution in [0.3, 0.4) is 0 Å². The van der Waals surface area contributed by atoms with Crippen LogP contribution in [0.25, 0.3) is 11.4 Å². The highest BCUT2D eigenvalue weighted by Gasteiger charge is 2.21. The molecule has 0 unspecified atom stereocenters. The third kappa shape index (κ3) is 4.94. The van der Waals surface area contributed by atoms with Crippen molar-refractivity contribution in [3.8, 4) is 17.1 Å². The smallest absolute Gasteiger partial charge is 0.222 e. The summed E-state index contributed by atoms with van der Waals surface area (Å²) in [5.74, 6) is 1.56. The molecule has 2 aromatic rings. The topological polar surface area (TPSA) is 71.9 Å². The normalized spacial score (nSPS) is 11.4. The second-order valence-electron chi connectivity index (χ2n) is 6.53. The largest absolute Gasteiger partial charge is 0.494 e. The fourth-order valence-corrected chi connectivity index (χ4v) is 2.88. The van der Waals surface area contributed by atoms with Gasteiger partial charge in [-0.15, -0.1) is 0 Å². The third-order valence-corrected chi connectivity index (χ3v) is 5.06. The maximum Gasteiger partial charge on any atom is 0.222 e. The number of nitrogens with one attached hydrogen (secondary N) is 2. The predicted molar refractivity (Wildman–Crippen MR) is 106 cm³/mol. The van der Waals surface area contributed by atoms with E-state index in [9.17, 15) is 4.79 Å². The van der Waals surface area contributed by atoms with E-state index in [1.807, 2.05) is 35.8 Å². The molecule has 26 heavy (non-hydrogen) atoms. The van der Waals surface area contributed by atoms with Crippen LogP contribution in [0.1, 0.15) is 47.0 Å². The van der Waals surface area contributed by atoms with Gasteiger partial charge in [-0.05, 0) is 63.2 Å². The first kappa shape index (κ1) is 20.2. The maximum atomic E-state index is 12.3. The second-order valence-corrected chi connectivity index (χ2v) is 6.91. The first-order valence-corrected chi connectivity index (χ1v) is 9.52. The summed E-state index contributed by atoms with van der Waals surface area (Å²) in [7, 11) is 0. The monoisotopic (exact) mass is 376 g/mol. The number of H-pyrrole nitrogens is 1. The summed E-state index contributed by atoms with van der Waals surface area (Å²) in [6.07, 6.45) is 2.16. The van der Waals surface area contributed by atoms with E-state index in [2.05, 4.69) is 36.3 Å². The number of benzene rings is 1. The minimum Gasteiger partial charge on any atom is -0.494 e. The van der Waals surface area contributed by atoms with Gasteiger partial charge in [0.2, 0.25) is 5.91 Å². The number of carbonyl (C=O) groups is 1. The lowest BCUT2D eigenvalue weighted by atomic mass is 9.95. The van der Waals surface area contributed by atoms with Crippen molar-refractivity contribution in [3.05, 3.63) is 29.0 Å². The molecule has 0 saturated carbocycles. The van der Waals surface area contributed by atoms with E-state index in [1.165, 1.54) is 0 Å². The Balaban J connectivity index is 2.10. The Morgan fingerprint density at radius 2 is 1.92 bits per heavy atom. The zero-order valence-corrected chi connectivity index (χ0v) is 16.8. The Hall–Kier alpha value is -2.15. The summed E-state index contributed by atoms with van der Waals surface area (Å²) in [6.45, 7) is 9.29. The van der Waals surface area contributed by atoms with Crippen LogP contribution < -0.4 is 10.1 Å². The highest BCUT2D eigenvalue weighted by atomic mass is 32.1. The minimum atomic E-state index is -0.160. The minimum absolute atomic E-state index is 0.0249. The molecule has 0 aliphatic carbocycles. The van der Waals surface area contributed by atoms with Crippen LogP contribution in [-0.2, 0) is 11.3 Å². The molecule has 2 rings (SSSR count). The molecular weight excluding hydrogens is 348 g/mol. The SMILES string of the molecule is CCOc1ccc(-c2n[nH]c(=S)n2CCC(=O)NC(C)(CC)CC)cc1. The number of nitrogens with zero attached hydrogens (tertiary/aromatic N) is 2. The van der Waals surface area contributed by atoms with Crippen LogP contribution >= 0.6 is 12.2 Å². The molecular formula is C19H28N4O2S. The number of carbonyl (C=O) groups excluding carboxylic acids is 1. The van der Waals surface area contributed by atoms with Crippen LogP contribution in [0.15, 0.2) is 24.3 Å². The highest BCUT2D eigenvalue weighted by molar-refractivity contribution is 7.71. The number of amides is 1. The molecule has 1 aromatic carbocycles. The van der Waals surface area contributed by atoms with Gasteiger partial charge in [0.15, 0.2) is 10.6 Å². The number of aromatic nitrogens is 3. The Kier molecular flexibility index (Phi) is 6.97. The van der Waals surface area contributed by atoms with Crippen LogP contribution in [0.2, 0.25) is 0 Å². The number of hydrogen-bond donors (Lipinski definition) is 2. The van der Waals surface area contributed by atoms with Crippen molar-refractivity contribution in [1.82, 2.24) is 20.1 Å². The van der Waals surface area contributed by atoms with E-state index in [0.717, 1.165) is 30.0 Å². The molecule has 7 heteroatoms. The Morgan fingerprint density at radius 1 is 1.27 bits per heavy atom. The van der Waals surface area contributed by atoms with Crippen molar-refractivity contribution >= 4 is 18.1 Å². The van der Waals surface area contributed by atoms with E-state index in [4.69, 9.17) is 17.0 Å². The van der Waals surface area contributed by atoms with Crippen LogP contribution in [-0.4, -0.2) is 32.8 Å². The molecule has 0 atom stereocenters. The Labute approximate surface area is 160 Å². The molecule has 0 aliphatic rings. The van der Waals surface area contributed by atoms with Crippen LogP contribution in [0.5, 0.6) is 5.75 Å². The number of aromatic amines is 1. The van der Waals surface area contributed by atoms with E-state index >= 15 is 0 Å². The molecule has 142 valence electrons. The van der Waals surface area contributed by atoms with Crippen molar-refractivity contribution in [1.29, 1.82) is 0 Å². The third-order valence-electron chi connectivity index (χ3n) is 4.75. The van der Waals surface area contributed by atoms with E-state index in [0.29, 0.717) is 24.3 Å². The maximum absolute atomic E-state index is 12.3. The van der Waals surface area contributed by atoms with Gasteiger partial charge in [0.1, 0.15) is 5.75 Å². The molecule has 0 spiro atoms. The Morgan fingerprint density at radius 3 is 2.50 bits per heavy atom. The van der Waals surface area contributed by atoms with Gasteiger partial charge in [-0.25, -0.2) is 0 Å². The highest BCUT2D eigenvalue weighted by Crippen LogP contribution is 2.21. The molecule has 1 amide bonds. The lowest BCUT2D eigenvalue weighted by Gasteiger charge is -2.28. The number of hydrogen-bond acceptors (Lipinski definition) is 4. The van der Waals surface area contributed by atoms with Gasteiger partial charge in [0.25, 0.3) is 0 Å². The van der Waals surface area contributed by atoms with Crippen molar-refractivity contribution < 1.29 is 9.53 Å². The average molecular weight is 377 g/mol. The van der Waals surface area contributed by atoms with Gasteiger partial charge in [-0.3, -0.25) is 14.5 Å². The van der Waals surface area contributed by atoms with Gasteiger partial charge in [0.05, 0.1) is 6.61 Å². The molecule has 6 nitrogen and oxygen atoms in total. The lowest BCUT2D eigenvalue weighted by molar-refractivity contribution is -0.123. The standard InChI is InChI=1S/C19H28N4O2S/c1-5-19(4,6-2)20-16(24)12-13-23-17(21-22-18(23)26)14-8-10-15(11-9-14)25-7-3/h8-11H,5-7,12-13H2,1-4H3,(H,20,24)(H,22,26). The number of ether oxygens (including phenoxy) is 1. The van der Waals surface area contributed by atoms with Gasteiger partial charge in [-0.2, -0.15) is 5.10 Å². The predicted octanol–water partition coefficient (Wildman–Crippen LogP) is 4.09. The van der Waals surface area contributed by atoms with Crippen LogP contribution in [0, 0.1) is 4.77 Å². The molecule has 0 aliphatic heterocycles. The number of rotatable bonds is 9. The first-order valence-electron chi connectivity index (χ1n) is 9.12. The molecule has 0 radical (unpaired) electrons. The first-order chi connectivity index (χ1) is 12.4. The summed E-state index contributed by atoms with van der Waals surface area (Å²) in [6, 6.07) is 7.69. The summed E-state index contributed by atoms with van der Waals surface area (Å²) < 4.78 is 7.84. The lowest BCUT2D eigenvalue weighted by Crippen LogP contribution is -2.45. The molecule has 0 saturated heterocycles. The molecule has 2 N–H and O–H groups in total. The summed E-state index contributed by atoms with van der Waals surface area (Å²) in [5.41, 5.74) is 0.764. The van der Waals surface area contributed by atoms with Gasteiger partial charge >= 0.3 is 0 Å². The Bertz CT molecular complexity index is 776. The van der Waals surface area contributed by atoms with Crippen LogP contribution in [0.4, 0.5) is 0 Å². The summed E-state index contributed by atoms with van der Waals surface area (Å²) in [5, 5.41) is 10.3. The molecule has 0 fully saturated rings. The molecule has 1 aromatic heterocycles. The van der Waals surface area contributed by atoms with Gasteiger partial charge < -0.3 is 10.1 Å². The second kappa shape index (κ2) is 8.98. The van der Waals surface area contributed by atoms with Gasteiger partial charge in [-0.1, -0.05) is 13.8 Å². The van der Waals surface area contributed by atoms with Crippen molar-refractivity contribution in [3.63, 3.8) is 0 Å². The zero-order chi connectivity index (χ0) is 19.2. The summed E-state index contributed by atoms with van der Waals surface area (Å²) in [4.78, 5) is 12.3. The summed E-state index contributed by atoms with van der Waals surface area (Å²) >= 11 is 5.34. The fourth-order valence-electron chi connectivity index (χ4n) is 2.65. The molecule has 0 bridgehead atoms. The van der Waals surface area contributed by atoms with Crippen molar-refractivity contribution in [2.75, 3.05) is 6.61 Å². The van der Waals surface area contributed by atoms with Crippen molar-refractivity contribution in [2.45, 2.75) is 59.0 Å². The van der Waals surface area contributed by atoms with E-state index < -0.39 is 0 Å². The van der Waals surface area contributed by atoms with E-state index in [-0.39, 0.29) is 11.4 Å². The fraction of sp³-hybridized carbons (Fsp3) is 0.526. The quantitative estimate of drug-likeness (QED) is 0.647. The van der Waals surface area contributed by atoms with E-state index in [1.54, 1.807) is 0 Å². The zero-order valence-electron chi connectivity index (χ0n) is 16.0. The average Bonchev–Trinajstić information content (AvgIpc) is 3.01. The molecule has 1 heterocycles. The van der Waals surface area contributed by atoms with Crippen molar-refractivity contribution in [2.24, 2.45) is 0 Å².